The summed E-state index contributed by atoms with van der Waals surface area (Å²) in [4.78, 5) is 21.1. The van der Waals surface area contributed by atoms with E-state index in [9.17, 15) is 23.3 Å². The zero-order valence-corrected chi connectivity index (χ0v) is 11.7. The Kier molecular flexibility index (Phi) is 4.66. The van der Waals surface area contributed by atoms with Gasteiger partial charge in [0.25, 0.3) is 5.69 Å². The molecule has 0 aliphatic rings. The van der Waals surface area contributed by atoms with Crippen LogP contribution in [0.2, 0.25) is 0 Å². The van der Waals surface area contributed by atoms with E-state index >= 15 is 0 Å². The summed E-state index contributed by atoms with van der Waals surface area (Å²) in [6.07, 6.45) is 1.07. The van der Waals surface area contributed by atoms with Crippen molar-refractivity contribution in [2.24, 2.45) is 0 Å². The van der Waals surface area contributed by atoms with Gasteiger partial charge in [-0.1, -0.05) is 0 Å². The minimum Gasteiger partial charge on any atom is -0.478 e. The molecule has 0 spiro atoms. The molecule has 0 saturated heterocycles. The first-order chi connectivity index (χ1) is 9.11. The average molecular weight is 302 g/mol. The van der Waals surface area contributed by atoms with Crippen molar-refractivity contribution in [3.8, 4) is 0 Å². The number of aromatic carboxylic acids is 1. The molecule has 20 heavy (non-hydrogen) atoms. The third-order valence-corrected chi connectivity index (χ3v) is 3.56. The van der Waals surface area contributed by atoms with E-state index in [-0.39, 0.29) is 34.8 Å². The summed E-state index contributed by atoms with van der Waals surface area (Å²) in [5, 5.41) is 22.5. The zero-order valence-electron chi connectivity index (χ0n) is 10.9. The normalized spacial score (nSPS) is 11.1. The van der Waals surface area contributed by atoms with E-state index in [1.165, 1.54) is 13.0 Å². The van der Waals surface area contributed by atoms with Gasteiger partial charge in [-0.2, -0.15) is 0 Å². The molecule has 0 aliphatic carbocycles. The zero-order chi connectivity index (χ0) is 15.5. The number of nitro groups is 1. The van der Waals surface area contributed by atoms with E-state index in [1.807, 2.05) is 0 Å². The number of carboxylic acids is 1. The molecule has 8 nitrogen and oxygen atoms in total. The smallest absolute Gasteiger partial charge is 0.336 e. The van der Waals surface area contributed by atoms with Crippen LogP contribution in [-0.2, 0) is 9.84 Å². The van der Waals surface area contributed by atoms with Gasteiger partial charge in [-0.05, 0) is 13.0 Å². The van der Waals surface area contributed by atoms with Crippen LogP contribution in [0.1, 0.15) is 15.9 Å². The Labute approximate surface area is 115 Å². The number of benzene rings is 1. The fourth-order valence-corrected chi connectivity index (χ4v) is 2.04. The Morgan fingerprint density at radius 3 is 2.50 bits per heavy atom. The van der Waals surface area contributed by atoms with E-state index < -0.39 is 20.7 Å². The minimum absolute atomic E-state index is 0.0416. The molecule has 2 N–H and O–H groups in total. The molecule has 0 atom stereocenters. The Hall–Kier alpha value is -2.16. The second-order valence-corrected chi connectivity index (χ2v) is 6.55. The van der Waals surface area contributed by atoms with Crippen molar-refractivity contribution in [2.45, 2.75) is 6.92 Å². The van der Waals surface area contributed by atoms with Crippen molar-refractivity contribution < 1.29 is 23.2 Å². The highest BCUT2D eigenvalue weighted by atomic mass is 32.2. The van der Waals surface area contributed by atoms with Gasteiger partial charge < -0.3 is 10.4 Å². The van der Waals surface area contributed by atoms with Crippen LogP contribution < -0.4 is 5.32 Å². The van der Waals surface area contributed by atoms with Gasteiger partial charge in [0.05, 0.1) is 16.2 Å². The van der Waals surface area contributed by atoms with Crippen LogP contribution in [0.15, 0.2) is 12.1 Å². The molecule has 1 rings (SSSR count). The monoisotopic (exact) mass is 302 g/mol. The molecule has 0 radical (unpaired) electrons. The number of carboxylic acid groups (broad SMARTS) is 1. The number of hydrogen-bond donors (Lipinski definition) is 2. The molecule has 0 fully saturated rings. The Morgan fingerprint density at radius 2 is 2.05 bits per heavy atom. The second-order valence-electron chi connectivity index (χ2n) is 4.29. The van der Waals surface area contributed by atoms with Crippen LogP contribution in [0, 0.1) is 17.0 Å². The van der Waals surface area contributed by atoms with Crippen LogP contribution in [0.4, 0.5) is 11.4 Å². The third kappa shape index (κ3) is 4.19. The molecule has 0 aliphatic heterocycles. The van der Waals surface area contributed by atoms with Crippen molar-refractivity contribution in [1.82, 2.24) is 0 Å². The largest absolute Gasteiger partial charge is 0.478 e. The van der Waals surface area contributed by atoms with Gasteiger partial charge in [0.1, 0.15) is 9.84 Å². The molecule has 0 heterocycles. The van der Waals surface area contributed by atoms with E-state index in [1.54, 1.807) is 0 Å². The predicted molar refractivity (Wildman–Crippen MR) is 73.0 cm³/mol. The van der Waals surface area contributed by atoms with Crippen molar-refractivity contribution in [3.63, 3.8) is 0 Å². The summed E-state index contributed by atoms with van der Waals surface area (Å²) < 4.78 is 22.0. The van der Waals surface area contributed by atoms with Gasteiger partial charge in [-0.3, -0.25) is 10.1 Å². The highest BCUT2D eigenvalue weighted by molar-refractivity contribution is 7.90. The first-order valence-corrected chi connectivity index (χ1v) is 7.62. The number of carbonyl (C=O) groups is 1. The molecule has 0 saturated carbocycles. The lowest BCUT2D eigenvalue weighted by molar-refractivity contribution is -0.385. The number of rotatable bonds is 6. The fraction of sp³-hybridized carbons (Fsp3) is 0.364. The van der Waals surface area contributed by atoms with Gasteiger partial charge in [0, 0.05) is 30.1 Å². The number of nitrogens with zero attached hydrogens (tertiary/aromatic N) is 1. The molecule has 0 amide bonds. The molecule has 1 aromatic carbocycles. The maximum atomic E-state index is 11.0. The number of anilines is 1. The first kappa shape index (κ1) is 15.9. The van der Waals surface area contributed by atoms with Gasteiger partial charge in [-0.15, -0.1) is 0 Å². The number of nitro benzene ring substituents is 1. The maximum absolute atomic E-state index is 11.0. The minimum atomic E-state index is -3.17. The summed E-state index contributed by atoms with van der Waals surface area (Å²) >= 11 is 0. The van der Waals surface area contributed by atoms with Crippen molar-refractivity contribution in [1.29, 1.82) is 0 Å². The van der Waals surface area contributed by atoms with Crippen molar-refractivity contribution >= 4 is 27.2 Å². The van der Waals surface area contributed by atoms with Gasteiger partial charge in [0.2, 0.25) is 0 Å². The molecule has 0 bridgehead atoms. The maximum Gasteiger partial charge on any atom is 0.336 e. The molecule has 0 aromatic heterocycles. The second kappa shape index (κ2) is 5.87. The fourth-order valence-electron chi connectivity index (χ4n) is 1.57. The lowest BCUT2D eigenvalue weighted by Crippen LogP contribution is -2.15. The van der Waals surface area contributed by atoms with Crippen LogP contribution in [0.25, 0.3) is 0 Å². The Morgan fingerprint density at radius 1 is 1.45 bits per heavy atom. The van der Waals surface area contributed by atoms with Gasteiger partial charge in [0.15, 0.2) is 0 Å². The van der Waals surface area contributed by atoms with E-state index in [0.29, 0.717) is 0 Å². The topological polar surface area (TPSA) is 127 Å². The molecule has 1 aromatic rings. The number of nitrogens with one attached hydrogen (secondary N) is 1. The Balaban J connectivity index is 3.11. The lowest BCUT2D eigenvalue weighted by atomic mass is 10.1. The molecule has 9 heteroatoms. The molecule has 110 valence electrons. The summed E-state index contributed by atoms with van der Waals surface area (Å²) in [6.45, 7) is 1.51. The molecular weight excluding hydrogens is 288 g/mol. The summed E-state index contributed by atoms with van der Waals surface area (Å²) in [5.74, 6) is -1.45. The first-order valence-electron chi connectivity index (χ1n) is 5.55. The number of sulfone groups is 1. The predicted octanol–water partition coefficient (Wildman–Crippen LogP) is 1.06. The summed E-state index contributed by atoms with van der Waals surface area (Å²) in [5.41, 5.74) is -0.0651. The van der Waals surface area contributed by atoms with E-state index in [0.717, 1.165) is 12.3 Å². The van der Waals surface area contributed by atoms with Gasteiger partial charge >= 0.3 is 5.97 Å². The summed E-state index contributed by atoms with van der Waals surface area (Å²) in [7, 11) is -3.17. The lowest BCUT2D eigenvalue weighted by Gasteiger charge is -2.10. The van der Waals surface area contributed by atoms with Crippen molar-refractivity contribution in [2.75, 3.05) is 23.9 Å². The van der Waals surface area contributed by atoms with E-state index in [2.05, 4.69) is 5.32 Å². The van der Waals surface area contributed by atoms with Crippen LogP contribution in [0.5, 0.6) is 0 Å². The van der Waals surface area contributed by atoms with E-state index in [4.69, 9.17) is 5.11 Å². The average Bonchev–Trinajstić information content (AvgIpc) is 2.28. The highest BCUT2D eigenvalue weighted by Crippen LogP contribution is 2.27. The Bertz CT molecular complexity index is 653. The van der Waals surface area contributed by atoms with Gasteiger partial charge in [-0.25, -0.2) is 13.2 Å². The summed E-state index contributed by atoms with van der Waals surface area (Å²) in [6, 6.07) is 2.21. The quantitative estimate of drug-likeness (QED) is 0.594. The van der Waals surface area contributed by atoms with Crippen LogP contribution >= 0.6 is 0 Å². The number of hydrogen-bond acceptors (Lipinski definition) is 6. The SMILES string of the molecule is Cc1c(NCCS(C)(=O)=O)cc(C(=O)O)cc1[N+](=O)[O-]. The third-order valence-electron chi connectivity index (χ3n) is 2.61. The standard InChI is InChI=1S/C11H14N2O6S/c1-7-9(12-3-4-20(2,18)19)5-8(11(14)15)6-10(7)13(16)17/h5-6,12H,3-4H2,1-2H3,(H,14,15). The highest BCUT2D eigenvalue weighted by Gasteiger charge is 2.19. The van der Waals surface area contributed by atoms with Crippen LogP contribution in [-0.4, -0.2) is 43.0 Å². The molecular formula is C11H14N2O6S. The molecule has 0 unspecified atom stereocenters. The van der Waals surface area contributed by atoms with Crippen LogP contribution in [0.3, 0.4) is 0 Å². The van der Waals surface area contributed by atoms with Crippen molar-refractivity contribution in [3.05, 3.63) is 33.4 Å².